The molecule has 0 unspecified atom stereocenters. The van der Waals surface area contributed by atoms with Crippen molar-refractivity contribution in [1.29, 1.82) is 0 Å². The van der Waals surface area contributed by atoms with Gasteiger partial charge >= 0.3 is 0 Å². The van der Waals surface area contributed by atoms with Crippen LogP contribution in [0.3, 0.4) is 0 Å². The van der Waals surface area contributed by atoms with Crippen molar-refractivity contribution < 1.29 is 13.2 Å². The predicted molar refractivity (Wildman–Crippen MR) is 83.6 cm³/mol. The van der Waals surface area contributed by atoms with Crippen LogP contribution < -0.4 is 4.72 Å². The lowest BCUT2D eigenvalue weighted by Crippen LogP contribution is -2.37. The van der Waals surface area contributed by atoms with Gasteiger partial charge in [0.15, 0.2) is 0 Å². The Bertz CT molecular complexity index is 829. The summed E-state index contributed by atoms with van der Waals surface area (Å²) in [6.45, 7) is 2.09. The number of halogens is 1. The number of aryl methyl sites for hydroxylation is 3. The summed E-state index contributed by atoms with van der Waals surface area (Å²) < 4.78 is 36.8. The zero-order valence-electron chi connectivity index (χ0n) is 13.0. The van der Waals surface area contributed by atoms with Crippen molar-refractivity contribution in [2.75, 3.05) is 6.61 Å². The second-order valence-electron chi connectivity index (χ2n) is 5.58. The fourth-order valence-electron chi connectivity index (χ4n) is 2.80. The van der Waals surface area contributed by atoms with Gasteiger partial charge in [0.1, 0.15) is 16.2 Å². The summed E-state index contributed by atoms with van der Waals surface area (Å²) in [6.07, 6.45) is 3.71. The second-order valence-corrected chi connectivity index (χ2v) is 7.59. The average molecular weight is 360 g/mol. The molecule has 0 saturated carbocycles. The van der Waals surface area contributed by atoms with E-state index in [-0.39, 0.29) is 22.2 Å². The van der Waals surface area contributed by atoms with Crippen LogP contribution in [0.2, 0.25) is 5.15 Å². The molecular weight excluding hydrogens is 342 g/mol. The van der Waals surface area contributed by atoms with E-state index >= 15 is 0 Å². The minimum atomic E-state index is -3.79. The highest BCUT2D eigenvalue weighted by molar-refractivity contribution is 7.89. The van der Waals surface area contributed by atoms with Crippen LogP contribution in [0, 0.1) is 6.92 Å². The molecule has 2 aromatic heterocycles. The van der Waals surface area contributed by atoms with E-state index in [0.29, 0.717) is 18.7 Å². The largest absolute Gasteiger partial charge is 0.372 e. The van der Waals surface area contributed by atoms with E-state index in [1.165, 1.54) is 4.68 Å². The van der Waals surface area contributed by atoms with Crippen LogP contribution in [-0.2, 0) is 28.9 Å². The van der Waals surface area contributed by atoms with E-state index in [1.807, 2.05) is 6.20 Å². The first-order valence-electron chi connectivity index (χ1n) is 7.11. The summed E-state index contributed by atoms with van der Waals surface area (Å²) in [7, 11) is -0.386. The molecule has 1 saturated heterocycles. The number of nitrogens with zero attached hydrogens (tertiary/aromatic N) is 4. The lowest BCUT2D eigenvalue weighted by Gasteiger charge is -2.18. The van der Waals surface area contributed by atoms with E-state index < -0.39 is 10.0 Å². The minimum Gasteiger partial charge on any atom is -0.372 e. The summed E-state index contributed by atoms with van der Waals surface area (Å²) in [4.78, 5) is 0.0125. The molecule has 10 heteroatoms. The highest BCUT2D eigenvalue weighted by Gasteiger charge is 2.36. The Morgan fingerprint density at radius 1 is 1.43 bits per heavy atom. The smallest absolute Gasteiger partial charge is 0.245 e. The fourth-order valence-corrected chi connectivity index (χ4v) is 4.82. The molecule has 1 fully saturated rings. The highest BCUT2D eigenvalue weighted by Crippen LogP contribution is 2.31. The molecule has 0 bridgehead atoms. The minimum absolute atomic E-state index is 0.0125. The van der Waals surface area contributed by atoms with Gasteiger partial charge in [-0.2, -0.15) is 10.2 Å². The van der Waals surface area contributed by atoms with Crippen LogP contribution in [-0.4, -0.2) is 40.6 Å². The molecule has 1 N–H and O–H groups in total. The molecule has 0 radical (unpaired) electrons. The van der Waals surface area contributed by atoms with Gasteiger partial charge in [-0.1, -0.05) is 11.6 Å². The molecule has 23 heavy (non-hydrogen) atoms. The van der Waals surface area contributed by atoms with Gasteiger partial charge in [0.25, 0.3) is 0 Å². The van der Waals surface area contributed by atoms with Gasteiger partial charge in [-0.15, -0.1) is 0 Å². The highest BCUT2D eigenvalue weighted by atomic mass is 35.5. The Hall–Kier alpha value is -1.42. The maximum Gasteiger partial charge on any atom is 0.245 e. The Morgan fingerprint density at radius 3 is 2.74 bits per heavy atom. The van der Waals surface area contributed by atoms with Gasteiger partial charge in [-0.05, 0) is 13.3 Å². The Kier molecular flexibility index (Phi) is 4.21. The standard InChI is InChI=1S/C13H18ClN5O3S/c1-8-12(13(14)19(3)16-8)23(20,21)17-10-4-5-22-11(10)9-6-15-18(2)7-9/h6-7,10-11,17H,4-5H2,1-3H3/t10-,11+/m0/s1. The van der Waals surface area contributed by atoms with Crippen LogP contribution in [0.4, 0.5) is 0 Å². The van der Waals surface area contributed by atoms with E-state index in [9.17, 15) is 8.42 Å². The number of rotatable bonds is 4. The van der Waals surface area contributed by atoms with Gasteiger partial charge in [-0.3, -0.25) is 9.36 Å². The molecular formula is C13H18ClN5O3S. The van der Waals surface area contributed by atoms with Crippen LogP contribution in [0.25, 0.3) is 0 Å². The number of nitrogens with one attached hydrogen (secondary N) is 1. The van der Waals surface area contributed by atoms with E-state index in [1.54, 1.807) is 31.9 Å². The van der Waals surface area contributed by atoms with E-state index in [4.69, 9.17) is 16.3 Å². The third-order valence-corrected chi connectivity index (χ3v) is 6.01. The van der Waals surface area contributed by atoms with E-state index in [0.717, 1.165) is 5.56 Å². The molecule has 0 aromatic carbocycles. The lowest BCUT2D eigenvalue weighted by molar-refractivity contribution is 0.102. The Balaban J connectivity index is 1.88. The maximum absolute atomic E-state index is 12.7. The zero-order valence-corrected chi connectivity index (χ0v) is 14.6. The summed E-state index contributed by atoms with van der Waals surface area (Å²) in [5, 5.41) is 8.25. The van der Waals surface area contributed by atoms with Crippen molar-refractivity contribution in [2.45, 2.75) is 30.4 Å². The lowest BCUT2D eigenvalue weighted by atomic mass is 10.1. The summed E-state index contributed by atoms with van der Waals surface area (Å²) >= 11 is 6.08. The monoisotopic (exact) mass is 359 g/mol. The number of ether oxygens (including phenoxy) is 1. The molecule has 1 aliphatic rings. The van der Waals surface area contributed by atoms with Crippen LogP contribution in [0.1, 0.15) is 23.8 Å². The third-order valence-electron chi connectivity index (χ3n) is 3.82. The van der Waals surface area contributed by atoms with E-state index in [2.05, 4.69) is 14.9 Å². The first-order chi connectivity index (χ1) is 10.8. The van der Waals surface area contributed by atoms with Crippen molar-refractivity contribution in [3.63, 3.8) is 0 Å². The Labute approximate surface area is 139 Å². The molecule has 2 aromatic rings. The maximum atomic E-state index is 12.7. The van der Waals surface area contributed by atoms with Crippen LogP contribution >= 0.6 is 11.6 Å². The normalized spacial score (nSPS) is 21.9. The summed E-state index contributed by atoms with van der Waals surface area (Å²) in [5.74, 6) is 0. The molecule has 1 aliphatic heterocycles. The molecule has 0 amide bonds. The van der Waals surface area contributed by atoms with Gasteiger partial charge in [0.05, 0.1) is 17.9 Å². The van der Waals surface area contributed by atoms with Gasteiger partial charge in [0, 0.05) is 32.5 Å². The quantitative estimate of drug-likeness (QED) is 0.876. The average Bonchev–Trinajstić information content (AvgIpc) is 3.11. The molecule has 2 atom stereocenters. The third kappa shape index (κ3) is 3.01. The van der Waals surface area contributed by atoms with Crippen molar-refractivity contribution >= 4 is 21.6 Å². The summed E-state index contributed by atoms with van der Waals surface area (Å²) in [5.41, 5.74) is 1.20. The molecule has 8 nitrogen and oxygen atoms in total. The molecule has 3 rings (SSSR count). The fraction of sp³-hybridized carbons (Fsp3) is 0.538. The van der Waals surface area contributed by atoms with Gasteiger partial charge < -0.3 is 4.74 Å². The second kappa shape index (κ2) is 5.90. The first-order valence-corrected chi connectivity index (χ1v) is 8.97. The predicted octanol–water partition coefficient (Wildman–Crippen LogP) is 0.924. The van der Waals surface area contributed by atoms with Crippen molar-refractivity contribution in [3.8, 4) is 0 Å². The van der Waals surface area contributed by atoms with Crippen LogP contribution in [0.15, 0.2) is 17.3 Å². The number of hydrogen-bond acceptors (Lipinski definition) is 5. The topological polar surface area (TPSA) is 91.0 Å². The van der Waals surface area contributed by atoms with Crippen molar-refractivity contribution in [1.82, 2.24) is 24.3 Å². The molecule has 3 heterocycles. The van der Waals surface area contributed by atoms with Crippen molar-refractivity contribution in [3.05, 3.63) is 28.8 Å². The van der Waals surface area contributed by atoms with Crippen molar-refractivity contribution in [2.24, 2.45) is 14.1 Å². The van der Waals surface area contributed by atoms with Gasteiger partial charge in [-0.25, -0.2) is 13.1 Å². The van der Waals surface area contributed by atoms with Gasteiger partial charge in [0.2, 0.25) is 10.0 Å². The molecule has 0 spiro atoms. The number of sulfonamides is 1. The number of aromatic nitrogens is 4. The van der Waals surface area contributed by atoms with Crippen LogP contribution in [0.5, 0.6) is 0 Å². The molecule has 126 valence electrons. The first kappa shape index (κ1) is 16.4. The molecule has 0 aliphatic carbocycles. The summed E-state index contributed by atoms with van der Waals surface area (Å²) in [6, 6.07) is -0.375. The SMILES string of the molecule is Cc1nn(C)c(Cl)c1S(=O)(=O)N[C@H]1CCO[C@@H]1c1cnn(C)c1. The zero-order chi connectivity index (χ0) is 16.8. The Morgan fingerprint density at radius 2 is 2.17 bits per heavy atom. The number of hydrogen-bond donors (Lipinski definition) is 1.